The topological polar surface area (TPSA) is 81.4 Å². The Bertz CT molecular complexity index is 475. The average molecular weight is 286 g/mol. The van der Waals surface area contributed by atoms with Crippen LogP contribution in [0.15, 0.2) is 24.3 Å². The number of rotatable bonds is 9. The third-order valence-electron chi connectivity index (χ3n) is 2.55. The lowest BCUT2D eigenvalue weighted by atomic mass is 10.2. The Morgan fingerprint density at radius 3 is 2.79 bits per heavy atom. The molecule has 0 aromatic heterocycles. The van der Waals surface area contributed by atoms with Crippen LogP contribution < -0.4 is 15.2 Å². The van der Waals surface area contributed by atoms with Crippen molar-refractivity contribution in [2.45, 2.75) is 19.8 Å². The molecule has 0 aliphatic rings. The Morgan fingerprint density at radius 2 is 2.11 bits per heavy atom. The molecule has 0 aliphatic heterocycles. The quantitative estimate of drug-likeness (QED) is 0.664. The maximum atomic E-state index is 11.6. The second-order valence-corrected chi connectivity index (χ2v) is 6.30. The summed E-state index contributed by atoms with van der Waals surface area (Å²) in [7, 11) is -3.20. The standard InChI is InChI=1S/C13H22N2O3S/c1-12-5-4-6-13(11-12)18-9-8-15-19(16,17)10-3-2-7-14/h4-6,11,15H,2-3,7-10,14H2,1H3. The Balaban J connectivity index is 2.23. The van der Waals surface area contributed by atoms with Crippen LogP contribution >= 0.6 is 0 Å². The molecule has 1 rings (SSSR count). The number of sulfonamides is 1. The van der Waals surface area contributed by atoms with Gasteiger partial charge in [0.25, 0.3) is 0 Å². The van der Waals surface area contributed by atoms with E-state index in [0.717, 1.165) is 17.7 Å². The second kappa shape index (κ2) is 8.14. The summed E-state index contributed by atoms with van der Waals surface area (Å²) in [4.78, 5) is 0. The largest absolute Gasteiger partial charge is 0.492 e. The van der Waals surface area contributed by atoms with Gasteiger partial charge in [0.05, 0.1) is 5.75 Å². The highest BCUT2D eigenvalue weighted by Crippen LogP contribution is 2.11. The van der Waals surface area contributed by atoms with Crippen LogP contribution in [0.25, 0.3) is 0 Å². The van der Waals surface area contributed by atoms with Gasteiger partial charge in [0.1, 0.15) is 12.4 Å². The van der Waals surface area contributed by atoms with Crippen molar-refractivity contribution in [3.8, 4) is 5.75 Å². The number of hydrogen-bond acceptors (Lipinski definition) is 4. The van der Waals surface area contributed by atoms with Gasteiger partial charge in [-0.3, -0.25) is 0 Å². The molecule has 108 valence electrons. The van der Waals surface area contributed by atoms with E-state index in [1.807, 2.05) is 31.2 Å². The Hall–Kier alpha value is -1.11. The van der Waals surface area contributed by atoms with E-state index in [1.54, 1.807) is 0 Å². The SMILES string of the molecule is Cc1cccc(OCCNS(=O)(=O)CCCCN)c1. The molecule has 0 amide bonds. The van der Waals surface area contributed by atoms with Crippen LogP contribution in [-0.4, -0.2) is 33.9 Å². The third-order valence-corrected chi connectivity index (χ3v) is 4.02. The highest BCUT2D eigenvalue weighted by Gasteiger charge is 2.08. The minimum absolute atomic E-state index is 0.120. The maximum Gasteiger partial charge on any atom is 0.211 e. The summed E-state index contributed by atoms with van der Waals surface area (Å²) < 4.78 is 31.1. The highest BCUT2D eigenvalue weighted by atomic mass is 32.2. The van der Waals surface area contributed by atoms with E-state index >= 15 is 0 Å². The van der Waals surface area contributed by atoms with Crippen molar-refractivity contribution in [3.05, 3.63) is 29.8 Å². The predicted octanol–water partition coefficient (Wildman–Crippen LogP) is 1.03. The van der Waals surface area contributed by atoms with Crippen LogP contribution in [0.1, 0.15) is 18.4 Å². The van der Waals surface area contributed by atoms with E-state index in [1.165, 1.54) is 0 Å². The number of nitrogens with two attached hydrogens (primary N) is 1. The molecule has 0 radical (unpaired) electrons. The van der Waals surface area contributed by atoms with E-state index in [-0.39, 0.29) is 12.3 Å². The van der Waals surface area contributed by atoms with E-state index < -0.39 is 10.0 Å². The smallest absolute Gasteiger partial charge is 0.211 e. The summed E-state index contributed by atoms with van der Waals surface area (Å²) in [5.74, 6) is 0.872. The van der Waals surface area contributed by atoms with Gasteiger partial charge in [-0.25, -0.2) is 13.1 Å². The van der Waals surface area contributed by atoms with Gasteiger partial charge < -0.3 is 10.5 Å². The van der Waals surface area contributed by atoms with Crippen molar-refractivity contribution in [3.63, 3.8) is 0 Å². The van der Waals surface area contributed by atoms with Gasteiger partial charge in [0.15, 0.2) is 0 Å². The molecule has 0 spiro atoms. The summed E-state index contributed by atoms with van der Waals surface area (Å²) >= 11 is 0. The normalized spacial score (nSPS) is 11.5. The summed E-state index contributed by atoms with van der Waals surface area (Å²) in [6.07, 6.45) is 1.31. The van der Waals surface area contributed by atoms with E-state index in [4.69, 9.17) is 10.5 Å². The zero-order valence-electron chi connectivity index (χ0n) is 11.3. The molecule has 0 atom stereocenters. The molecule has 0 unspecified atom stereocenters. The van der Waals surface area contributed by atoms with Crippen LogP contribution in [-0.2, 0) is 10.0 Å². The molecule has 1 aromatic rings. The van der Waals surface area contributed by atoms with Gasteiger partial charge in [0, 0.05) is 6.54 Å². The number of benzene rings is 1. The second-order valence-electron chi connectivity index (χ2n) is 4.37. The number of aryl methyl sites for hydroxylation is 1. The number of unbranched alkanes of at least 4 members (excludes halogenated alkanes) is 1. The van der Waals surface area contributed by atoms with E-state index in [9.17, 15) is 8.42 Å². The van der Waals surface area contributed by atoms with Gasteiger partial charge in [-0.2, -0.15) is 0 Å². The molecular formula is C13H22N2O3S. The monoisotopic (exact) mass is 286 g/mol. The fourth-order valence-electron chi connectivity index (χ4n) is 1.58. The van der Waals surface area contributed by atoms with Crippen molar-refractivity contribution in [1.29, 1.82) is 0 Å². The molecule has 0 aliphatic carbocycles. The first-order valence-electron chi connectivity index (χ1n) is 6.40. The van der Waals surface area contributed by atoms with E-state index in [0.29, 0.717) is 19.6 Å². The summed E-state index contributed by atoms with van der Waals surface area (Å²) in [6, 6.07) is 7.65. The first-order valence-corrected chi connectivity index (χ1v) is 8.05. The fourth-order valence-corrected chi connectivity index (χ4v) is 2.70. The minimum atomic E-state index is -3.20. The minimum Gasteiger partial charge on any atom is -0.492 e. The zero-order valence-corrected chi connectivity index (χ0v) is 12.1. The Morgan fingerprint density at radius 1 is 1.32 bits per heavy atom. The molecule has 0 saturated carbocycles. The summed E-state index contributed by atoms with van der Waals surface area (Å²) in [5, 5.41) is 0. The van der Waals surface area contributed by atoms with Crippen LogP contribution in [0, 0.1) is 6.92 Å². The van der Waals surface area contributed by atoms with Crippen LogP contribution in [0.2, 0.25) is 0 Å². The van der Waals surface area contributed by atoms with Gasteiger partial charge in [-0.05, 0) is 44.0 Å². The molecule has 0 bridgehead atoms. The molecule has 6 heteroatoms. The molecule has 1 aromatic carbocycles. The maximum absolute atomic E-state index is 11.6. The van der Waals surface area contributed by atoms with Gasteiger partial charge in [-0.15, -0.1) is 0 Å². The molecule has 19 heavy (non-hydrogen) atoms. The zero-order chi connectivity index (χ0) is 14.1. The van der Waals surface area contributed by atoms with Gasteiger partial charge in [-0.1, -0.05) is 12.1 Å². The molecular weight excluding hydrogens is 264 g/mol. The fraction of sp³-hybridized carbons (Fsp3) is 0.538. The summed E-state index contributed by atoms with van der Waals surface area (Å²) in [6.45, 7) is 3.09. The molecule has 5 nitrogen and oxygen atoms in total. The van der Waals surface area contributed by atoms with Gasteiger partial charge in [0.2, 0.25) is 10.0 Å². The number of nitrogens with one attached hydrogen (secondary N) is 1. The Labute approximate surface area is 115 Å². The van der Waals surface area contributed by atoms with Crippen molar-refractivity contribution in [1.82, 2.24) is 4.72 Å². The van der Waals surface area contributed by atoms with Crippen molar-refractivity contribution < 1.29 is 13.2 Å². The van der Waals surface area contributed by atoms with Gasteiger partial charge >= 0.3 is 0 Å². The molecule has 3 N–H and O–H groups in total. The average Bonchev–Trinajstić information content (AvgIpc) is 2.35. The predicted molar refractivity (Wildman–Crippen MR) is 76.8 cm³/mol. The molecule has 0 saturated heterocycles. The van der Waals surface area contributed by atoms with Crippen LogP contribution in [0.3, 0.4) is 0 Å². The Kier molecular flexibility index (Phi) is 6.83. The highest BCUT2D eigenvalue weighted by molar-refractivity contribution is 7.89. The summed E-state index contributed by atoms with van der Waals surface area (Å²) in [5.41, 5.74) is 6.43. The van der Waals surface area contributed by atoms with E-state index in [2.05, 4.69) is 4.72 Å². The van der Waals surface area contributed by atoms with Crippen molar-refractivity contribution in [2.75, 3.05) is 25.4 Å². The molecule has 0 fully saturated rings. The van der Waals surface area contributed by atoms with Crippen molar-refractivity contribution >= 4 is 10.0 Å². The number of ether oxygens (including phenoxy) is 1. The first-order chi connectivity index (χ1) is 9.03. The van der Waals surface area contributed by atoms with Crippen LogP contribution in [0.4, 0.5) is 0 Å². The van der Waals surface area contributed by atoms with Crippen molar-refractivity contribution in [2.24, 2.45) is 5.73 Å². The number of hydrogen-bond donors (Lipinski definition) is 2. The molecule has 0 heterocycles. The lowest BCUT2D eigenvalue weighted by Crippen LogP contribution is -2.30. The lowest BCUT2D eigenvalue weighted by Gasteiger charge is -2.08. The first kappa shape index (κ1) is 15.9. The van der Waals surface area contributed by atoms with Crippen LogP contribution in [0.5, 0.6) is 5.75 Å². The third kappa shape index (κ3) is 7.15. The lowest BCUT2D eigenvalue weighted by molar-refractivity contribution is 0.322.